The number of anilines is 1. The first-order chi connectivity index (χ1) is 14.3. The Balaban J connectivity index is 1.66. The summed E-state index contributed by atoms with van der Waals surface area (Å²) in [5.74, 6) is 0.0763. The summed E-state index contributed by atoms with van der Waals surface area (Å²) >= 11 is 1.43. The Kier molecular flexibility index (Phi) is 6.73. The molecule has 3 aromatic rings. The third kappa shape index (κ3) is 5.37. The lowest BCUT2D eigenvalue weighted by atomic mass is 10.2. The molecule has 9 heteroatoms. The number of nitrogens with zero attached hydrogens (tertiary/aromatic N) is 2. The molecule has 0 unspecified atom stereocenters. The molecule has 0 radical (unpaired) electrons. The molecule has 0 saturated carbocycles. The van der Waals surface area contributed by atoms with E-state index in [1.165, 1.54) is 11.3 Å². The fourth-order valence-electron chi connectivity index (χ4n) is 2.80. The molecule has 0 aliphatic rings. The van der Waals surface area contributed by atoms with Gasteiger partial charge in [-0.05, 0) is 30.7 Å². The molecule has 2 aromatic carbocycles. The Morgan fingerprint density at radius 1 is 1.17 bits per heavy atom. The van der Waals surface area contributed by atoms with E-state index in [0.29, 0.717) is 11.4 Å². The normalized spacial score (nSPS) is 11.2. The largest absolute Gasteiger partial charge is 0.497 e. The van der Waals surface area contributed by atoms with Crippen LogP contribution in [0, 0.1) is 6.92 Å². The van der Waals surface area contributed by atoms with Crippen LogP contribution >= 0.6 is 11.3 Å². The van der Waals surface area contributed by atoms with Crippen molar-refractivity contribution >= 4 is 33.0 Å². The lowest BCUT2D eigenvalue weighted by molar-refractivity contribution is -0.143. The molecule has 0 bridgehead atoms. The molecule has 0 fully saturated rings. The summed E-state index contributed by atoms with van der Waals surface area (Å²) in [4.78, 5) is 16.8. The summed E-state index contributed by atoms with van der Waals surface area (Å²) in [6.45, 7) is 1.34. The first kappa shape index (κ1) is 21.8. The monoisotopic (exact) mass is 446 g/mol. The van der Waals surface area contributed by atoms with Gasteiger partial charge in [0.15, 0.2) is 0 Å². The molecule has 0 atom stereocenters. The molecule has 1 heterocycles. The van der Waals surface area contributed by atoms with Crippen molar-refractivity contribution in [1.82, 2.24) is 4.98 Å². The van der Waals surface area contributed by atoms with Crippen LogP contribution in [0.2, 0.25) is 0 Å². The standard InChI is InChI=1S/C21H22N2O5S2/c1-15-7-4-5-10-19(15)23(30(3,25)26)12-20(24)28-13-17-14-29-21(22-17)16-8-6-9-18(11-16)27-2/h4-11,14H,12-13H2,1-3H3. The maximum Gasteiger partial charge on any atom is 0.327 e. The average Bonchev–Trinajstić information content (AvgIpc) is 3.19. The van der Waals surface area contributed by atoms with Crippen molar-refractivity contribution in [1.29, 1.82) is 0 Å². The van der Waals surface area contributed by atoms with Crippen LogP contribution in [-0.2, 0) is 26.2 Å². The van der Waals surface area contributed by atoms with Gasteiger partial charge in [-0.25, -0.2) is 13.4 Å². The molecule has 0 spiro atoms. The number of methoxy groups -OCH3 is 1. The van der Waals surface area contributed by atoms with Crippen molar-refractivity contribution in [3.63, 3.8) is 0 Å². The summed E-state index contributed by atoms with van der Waals surface area (Å²) in [6, 6.07) is 14.5. The summed E-state index contributed by atoms with van der Waals surface area (Å²) in [5.41, 5.74) is 2.69. The topological polar surface area (TPSA) is 85.8 Å². The van der Waals surface area contributed by atoms with Crippen LogP contribution in [0.1, 0.15) is 11.3 Å². The number of benzene rings is 2. The van der Waals surface area contributed by atoms with Crippen molar-refractivity contribution in [3.8, 4) is 16.3 Å². The zero-order chi connectivity index (χ0) is 21.7. The average molecular weight is 447 g/mol. The molecule has 7 nitrogen and oxygen atoms in total. The molecule has 158 valence electrons. The number of thiazole rings is 1. The molecule has 0 aliphatic heterocycles. The number of carbonyl (C=O) groups excluding carboxylic acids is 1. The summed E-state index contributed by atoms with van der Waals surface area (Å²) in [5, 5.41) is 2.58. The second-order valence-corrected chi connectivity index (χ2v) is 9.36. The summed E-state index contributed by atoms with van der Waals surface area (Å²) in [7, 11) is -2.05. The molecule has 0 amide bonds. The van der Waals surface area contributed by atoms with Crippen LogP contribution in [0.4, 0.5) is 5.69 Å². The highest BCUT2D eigenvalue weighted by Crippen LogP contribution is 2.27. The highest BCUT2D eigenvalue weighted by Gasteiger charge is 2.23. The van der Waals surface area contributed by atoms with Gasteiger partial charge < -0.3 is 9.47 Å². The third-order valence-corrected chi connectivity index (χ3v) is 6.37. The Morgan fingerprint density at radius 3 is 2.63 bits per heavy atom. The van der Waals surface area contributed by atoms with Crippen LogP contribution in [0.3, 0.4) is 0 Å². The van der Waals surface area contributed by atoms with E-state index in [9.17, 15) is 13.2 Å². The highest BCUT2D eigenvalue weighted by molar-refractivity contribution is 7.92. The minimum atomic E-state index is -3.65. The molecule has 30 heavy (non-hydrogen) atoms. The predicted octanol–water partition coefficient (Wildman–Crippen LogP) is 3.64. The van der Waals surface area contributed by atoms with Gasteiger partial charge in [0.05, 0.1) is 24.7 Å². The number of rotatable bonds is 8. The number of aromatic nitrogens is 1. The van der Waals surface area contributed by atoms with Gasteiger partial charge in [-0.3, -0.25) is 9.10 Å². The zero-order valence-corrected chi connectivity index (χ0v) is 18.5. The van der Waals surface area contributed by atoms with E-state index >= 15 is 0 Å². The van der Waals surface area contributed by atoms with E-state index in [2.05, 4.69) is 4.98 Å². The van der Waals surface area contributed by atoms with Crippen LogP contribution in [0.25, 0.3) is 10.6 Å². The second-order valence-electron chi connectivity index (χ2n) is 6.59. The highest BCUT2D eigenvalue weighted by atomic mass is 32.2. The van der Waals surface area contributed by atoms with E-state index in [1.54, 1.807) is 43.7 Å². The molecule has 0 saturated heterocycles. The van der Waals surface area contributed by atoms with Crippen LogP contribution in [0.5, 0.6) is 5.75 Å². The van der Waals surface area contributed by atoms with Gasteiger partial charge in [0.1, 0.15) is 23.9 Å². The van der Waals surface area contributed by atoms with Gasteiger partial charge >= 0.3 is 5.97 Å². The van der Waals surface area contributed by atoms with E-state index in [-0.39, 0.29) is 6.61 Å². The molecule has 0 aliphatic carbocycles. The van der Waals surface area contributed by atoms with E-state index in [1.807, 2.05) is 24.3 Å². The maximum atomic E-state index is 12.3. The SMILES string of the molecule is COc1cccc(-c2nc(COC(=O)CN(c3ccccc3C)S(C)(=O)=O)cs2)c1. The number of esters is 1. The molecule has 1 aromatic heterocycles. The number of hydrogen-bond donors (Lipinski definition) is 0. The smallest absolute Gasteiger partial charge is 0.327 e. The number of ether oxygens (including phenoxy) is 2. The minimum absolute atomic E-state index is 0.0370. The fraction of sp³-hybridized carbons (Fsp3) is 0.238. The first-order valence-electron chi connectivity index (χ1n) is 9.05. The van der Waals surface area contributed by atoms with Crippen molar-refractivity contribution in [2.45, 2.75) is 13.5 Å². The molecule has 0 N–H and O–H groups in total. The van der Waals surface area contributed by atoms with E-state index < -0.39 is 22.5 Å². The fourth-order valence-corrected chi connectivity index (χ4v) is 4.51. The zero-order valence-electron chi connectivity index (χ0n) is 16.9. The van der Waals surface area contributed by atoms with E-state index in [0.717, 1.165) is 32.4 Å². The van der Waals surface area contributed by atoms with Crippen LogP contribution in [-0.4, -0.2) is 39.3 Å². The lowest BCUT2D eigenvalue weighted by Gasteiger charge is -2.23. The first-order valence-corrected chi connectivity index (χ1v) is 11.8. The Morgan fingerprint density at radius 2 is 1.93 bits per heavy atom. The lowest BCUT2D eigenvalue weighted by Crippen LogP contribution is -2.36. The minimum Gasteiger partial charge on any atom is -0.497 e. The van der Waals surface area contributed by atoms with Gasteiger partial charge in [-0.1, -0.05) is 30.3 Å². The van der Waals surface area contributed by atoms with Gasteiger partial charge in [-0.2, -0.15) is 0 Å². The Labute approximate surface area is 180 Å². The molecular weight excluding hydrogens is 424 g/mol. The van der Waals surface area contributed by atoms with Crippen molar-refractivity contribution < 1.29 is 22.7 Å². The van der Waals surface area contributed by atoms with Gasteiger partial charge in [0, 0.05) is 10.9 Å². The van der Waals surface area contributed by atoms with Crippen molar-refractivity contribution in [3.05, 3.63) is 65.2 Å². The van der Waals surface area contributed by atoms with Gasteiger partial charge in [-0.15, -0.1) is 11.3 Å². The molecular formula is C21H22N2O5S2. The predicted molar refractivity (Wildman–Crippen MR) is 117 cm³/mol. The Bertz CT molecular complexity index is 1140. The van der Waals surface area contributed by atoms with Crippen molar-refractivity contribution in [2.75, 3.05) is 24.2 Å². The van der Waals surface area contributed by atoms with Gasteiger partial charge in [0.25, 0.3) is 0 Å². The third-order valence-electron chi connectivity index (χ3n) is 4.31. The van der Waals surface area contributed by atoms with Crippen LogP contribution in [0.15, 0.2) is 53.9 Å². The summed E-state index contributed by atoms with van der Waals surface area (Å²) < 4.78 is 36.0. The number of hydrogen-bond acceptors (Lipinski definition) is 7. The number of para-hydroxylation sites is 1. The quantitative estimate of drug-likeness (QED) is 0.491. The molecule has 3 rings (SSSR count). The van der Waals surface area contributed by atoms with Crippen LogP contribution < -0.4 is 9.04 Å². The summed E-state index contributed by atoms with van der Waals surface area (Å²) in [6.07, 6.45) is 1.06. The number of sulfonamides is 1. The maximum absolute atomic E-state index is 12.3. The Hall–Kier alpha value is -2.91. The van der Waals surface area contributed by atoms with E-state index in [4.69, 9.17) is 9.47 Å². The number of carbonyl (C=O) groups is 1. The van der Waals surface area contributed by atoms with Crippen molar-refractivity contribution in [2.24, 2.45) is 0 Å². The van der Waals surface area contributed by atoms with Gasteiger partial charge in [0.2, 0.25) is 10.0 Å². The number of aryl methyl sites for hydroxylation is 1. The second kappa shape index (κ2) is 9.27.